The molecule has 0 heterocycles. The van der Waals surface area contributed by atoms with Gasteiger partial charge in [-0.05, 0) is 30.0 Å². The first-order valence-corrected chi connectivity index (χ1v) is 9.94. The van der Waals surface area contributed by atoms with Gasteiger partial charge in [0, 0.05) is 0 Å². The molecule has 0 spiro atoms. The predicted octanol–water partition coefficient (Wildman–Crippen LogP) is 5.25. The van der Waals surface area contributed by atoms with Crippen LogP contribution in [0.1, 0.15) is 70.8 Å². The summed E-state index contributed by atoms with van der Waals surface area (Å²) in [5, 5.41) is 0. The van der Waals surface area contributed by atoms with Crippen molar-refractivity contribution >= 4 is 10.1 Å². The first-order chi connectivity index (χ1) is 10.4. The van der Waals surface area contributed by atoms with Gasteiger partial charge in [-0.2, -0.15) is 8.42 Å². The molecule has 0 bridgehead atoms. The minimum absolute atomic E-state index is 0.0315. The van der Waals surface area contributed by atoms with Crippen molar-refractivity contribution in [2.45, 2.75) is 76.5 Å². The molecule has 0 amide bonds. The topological polar surface area (TPSA) is 54.4 Å². The fraction of sp³-hybridized carbons (Fsp3) is 0.667. The minimum Gasteiger partial charge on any atom is -0.282 e. The van der Waals surface area contributed by atoms with Gasteiger partial charge in [-0.15, -0.1) is 0 Å². The Kier molecular flexibility index (Phi) is 8.72. The second kappa shape index (κ2) is 10.0. The summed E-state index contributed by atoms with van der Waals surface area (Å²) in [4.78, 5) is -0.0315. The Balaban J connectivity index is 2.23. The van der Waals surface area contributed by atoms with Gasteiger partial charge in [-0.3, -0.25) is 4.55 Å². The zero-order valence-electron chi connectivity index (χ0n) is 13.9. The lowest BCUT2D eigenvalue weighted by Gasteiger charge is -2.11. The molecule has 0 aliphatic rings. The highest BCUT2D eigenvalue weighted by Gasteiger charge is 2.09. The second-order valence-electron chi connectivity index (χ2n) is 6.34. The van der Waals surface area contributed by atoms with Crippen LogP contribution < -0.4 is 0 Å². The van der Waals surface area contributed by atoms with Crippen LogP contribution >= 0.6 is 0 Å². The number of benzene rings is 1. The molecule has 1 atom stereocenters. The van der Waals surface area contributed by atoms with Crippen molar-refractivity contribution in [2.24, 2.45) is 5.92 Å². The van der Waals surface area contributed by atoms with E-state index in [0.29, 0.717) is 5.92 Å². The van der Waals surface area contributed by atoms with Crippen molar-refractivity contribution in [1.29, 1.82) is 0 Å². The zero-order valence-corrected chi connectivity index (χ0v) is 14.7. The molecule has 1 unspecified atom stereocenters. The van der Waals surface area contributed by atoms with Gasteiger partial charge in [0.05, 0.1) is 4.90 Å². The van der Waals surface area contributed by atoms with Crippen molar-refractivity contribution < 1.29 is 13.0 Å². The van der Waals surface area contributed by atoms with Crippen LogP contribution in [0.2, 0.25) is 0 Å². The van der Waals surface area contributed by atoms with E-state index in [1.54, 1.807) is 12.1 Å². The molecular formula is C18H30O3S. The number of rotatable bonds is 11. The monoisotopic (exact) mass is 326 g/mol. The third-order valence-corrected chi connectivity index (χ3v) is 4.97. The maximum absolute atomic E-state index is 11.0. The summed E-state index contributed by atoms with van der Waals surface area (Å²) in [7, 11) is -4.08. The van der Waals surface area contributed by atoms with Crippen molar-refractivity contribution in [3.05, 3.63) is 29.8 Å². The molecule has 0 aliphatic carbocycles. The predicted molar refractivity (Wildman–Crippen MR) is 91.7 cm³/mol. The van der Waals surface area contributed by atoms with E-state index in [-0.39, 0.29) is 4.90 Å². The van der Waals surface area contributed by atoms with Crippen LogP contribution in [0.5, 0.6) is 0 Å². The summed E-state index contributed by atoms with van der Waals surface area (Å²) in [6.45, 7) is 4.48. The van der Waals surface area contributed by atoms with E-state index >= 15 is 0 Å². The Bertz CT molecular complexity index is 506. The quantitative estimate of drug-likeness (QED) is 0.446. The maximum Gasteiger partial charge on any atom is 0.294 e. The number of hydrogen-bond acceptors (Lipinski definition) is 2. The van der Waals surface area contributed by atoms with Crippen LogP contribution in [0.4, 0.5) is 0 Å². The number of unbranched alkanes of at least 4 members (excludes halogenated alkanes) is 6. The SMILES string of the molecule is CCCCCCCCCC(C)Cc1ccc(S(=O)(=O)O)cc1. The lowest BCUT2D eigenvalue weighted by molar-refractivity contribution is 0.478. The summed E-state index contributed by atoms with van der Waals surface area (Å²) in [5.41, 5.74) is 1.13. The van der Waals surface area contributed by atoms with E-state index in [4.69, 9.17) is 4.55 Å². The lowest BCUT2D eigenvalue weighted by atomic mass is 9.95. The van der Waals surface area contributed by atoms with Crippen molar-refractivity contribution in [1.82, 2.24) is 0 Å². The first-order valence-electron chi connectivity index (χ1n) is 8.50. The maximum atomic E-state index is 11.0. The molecule has 126 valence electrons. The molecule has 3 nitrogen and oxygen atoms in total. The van der Waals surface area contributed by atoms with Gasteiger partial charge in [0.15, 0.2) is 0 Å². The van der Waals surface area contributed by atoms with Crippen LogP contribution in [0.25, 0.3) is 0 Å². The molecule has 1 N–H and O–H groups in total. The summed E-state index contributed by atoms with van der Waals surface area (Å²) < 4.78 is 30.9. The van der Waals surface area contributed by atoms with Crippen LogP contribution in [-0.4, -0.2) is 13.0 Å². The molecule has 0 saturated carbocycles. The summed E-state index contributed by atoms with van der Waals surface area (Å²) in [6.07, 6.45) is 11.5. The molecule has 1 rings (SSSR count). The van der Waals surface area contributed by atoms with E-state index in [2.05, 4.69) is 13.8 Å². The smallest absolute Gasteiger partial charge is 0.282 e. The average Bonchev–Trinajstić information content (AvgIpc) is 2.46. The zero-order chi connectivity index (χ0) is 16.4. The number of hydrogen-bond donors (Lipinski definition) is 1. The molecule has 1 aromatic rings. The Morgan fingerprint density at radius 2 is 1.50 bits per heavy atom. The van der Waals surface area contributed by atoms with Gasteiger partial charge < -0.3 is 0 Å². The molecule has 0 fully saturated rings. The normalized spacial score (nSPS) is 13.2. The largest absolute Gasteiger partial charge is 0.294 e. The third kappa shape index (κ3) is 7.95. The highest BCUT2D eigenvalue weighted by atomic mass is 32.2. The van der Waals surface area contributed by atoms with E-state index in [9.17, 15) is 8.42 Å². The van der Waals surface area contributed by atoms with E-state index in [0.717, 1.165) is 12.0 Å². The summed E-state index contributed by atoms with van der Waals surface area (Å²) in [5.74, 6) is 0.604. The standard InChI is InChI=1S/C18H30O3S/c1-3-4-5-6-7-8-9-10-16(2)15-17-11-13-18(14-12-17)22(19,20)21/h11-14,16H,3-10,15H2,1-2H3,(H,19,20,21). The second-order valence-corrected chi connectivity index (χ2v) is 7.76. The lowest BCUT2D eigenvalue weighted by Crippen LogP contribution is -2.02. The molecule has 22 heavy (non-hydrogen) atoms. The average molecular weight is 327 g/mol. The molecule has 1 aromatic carbocycles. The molecule has 4 heteroatoms. The van der Waals surface area contributed by atoms with E-state index < -0.39 is 10.1 Å². The van der Waals surface area contributed by atoms with Crippen LogP contribution in [0.15, 0.2) is 29.2 Å². The van der Waals surface area contributed by atoms with Crippen LogP contribution in [-0.2, 0) is 16.5 Å². The van der Waals surface area contributed by atoms with Gasteiger partial charge in [-0.25, -0.2) is 0 Å². The van der Waals surface area contributed by atoms with Gasteiger partial charge >= 0.3 is 0 Å². The molecule has 0 aromatic heterocycles. The van der Waals surface area contributed by atoms with Gasteiger partial charge in [-0.1, -0.05) is 77.3 Å². The Morgan fingerprint density at radius 1 is 0.955 bits per heavy atom. The van der Waals surface area contributed by atoms with Crippen LogP contribution in [0, 0.1) is 5.92 Å². The highest BCUT2D eigenvalue weighted by molar-refractivity contribution is 7.85. The van der Waals surface area contributed by atoms with Crippen LogP contribution in [0.3, 0.4) is 0 Å². The van der Waals surface area contributed by atoms with Crippen molar-refractivity contribution in [2.75, 3.05) is 0 Å². The van der Waals surface area contributed by atoms with Crippen molar-refractivity contribution in [3.8, 4) is 0 Å². The van der Waals surface area contributed by atoms with Gasteiger partial charge in [0.2, 0.25) is 0 Å². The molecule has 0 radical (unpaired) electrons. The van der Waals surface area contributed by atoms with Gasteiger partial charge in [0.25, 0.3) is 10.1 Å². The Hall–Kier alpha value is -0.870. The van der Waals surface area contributed by atoms with E-state index in [1.807, 2.05) is 0 Å². The molecular weight excluding hydrogens is 296 g/mol. The minimum atomic E-state index is -4.08. The third-order valence-electron chi connectivity index (χ3n) is 4.11. The molecule has 0 saturated heterocycles. The summed E-state index contributed by atoms with van der Waals surface area (Å²) in [6, 6.07) is 6.55. The Morgan fingerprint density at radius 3 is 2.05 bits per heavy atom. The fourth-order valence-corrected chi connectivity index (χ4v) is 3.23. The van der Waals surface area contributed by atoms with Crippen molar-refractivity contribution in [3.63, 3.8) is 0 Å². The summed E-state index contributed by atoms with van der Waals surface area (Å²) >= 11 is 0. The first kappa shape index (κ1) is 19.2. The fourth-order valence-electron chi connectivity index (χ4n) is 2.75. The van der Waals surface area contributed by atoms with E-state index in [1.165, 1.54) is 63.5 Å². The Labute approximate surface area is 135 Å². The highest BCUT2D eigenvalue weighted by Crippen LogP contribution is 2.18. The molecule has 0 aliphatic heterocycles. The van der Waals surface area contributed by atoms with Gasteiger partial charge in [0.1, 0.15) is 0 Å².